The van der Waals surface area contributed by atoms with Gasteiger partial charge in [-0.1, -0.05) is 24.4 Å². The minimum atomic E-state index is -0.295. The van der Waals surface area contributed by atoms with Gasteiger partial charge in [0.05, 0.1) is 12.8 Å². The summed E-state index contributed by atoms with van der Waals surface area (Å²) in [5, 5.41) is 0. The molecule has 0 aliphatic rings. The first-order valence-electron chi connectivity index (χ1n) is 5.85. The summed E-state index contributed by atoms with van der Waals surface area (Å²) in [6, 6.07) is 8.55. The predicted octanol–water partition coefficient (Wildman–Crippen LogP) is 2.68. The van der Waals surface area contributed by atoms with Crippen molar-refractivity contribution in [2.24, 2.45) is 5.73 Å². The number of nitrogens with two attached hydrogens (primary N) is 1. The van der Waals surface area contributed by atoms with Crippen LogP contribution in [0.15, 0.2) is 41.0 Å². The summed E-state index contributed by atoms with van der Waals surface area (Å²) in [7, 11) is 1.91. The van der Waals surface area contributed by atoms with Crippen LogP contribution < -0.4 is 5.73 Å². The first-order valence-corrected chi connectivity index (χ1v) is 6.26. The van der Waals surface area contributed by atoms with Gasteiger partial charge in [0.15, 0.2) is 0 Å². The van der Waals surface area contributed by atoms with Crippen molar-refractivity contribution in [2.75, 3.05) is 7.05 Å². The molecule has 1 aromatic heterocycles. The molecule has 1 aromatic carbocycles. The quantitative estimate of drug-likeness (QED) is 0.854. The smallest absolute Gasteiger partial charge is 0.128 e. The fourth-order valence-corrected chi connectivity index (χ4v) is 1.97. The molecule has 0 saturated carbocycles. The minimum Gasteiger partial charge on any atom is -0.468 e. The van der Waals surface area contributed by atoms with Gasteiger partial charge in [-0.05, 0) is 25.2 Å². The monoisotopic (exact) mass is 278 g/mol. The van der Waals surface area contributed by atoms with Crippen LogP contribution in [0.4, 0.5) is 4.39 Å². The van der Waals surface area contributed by atoms with Crippen molar-refractivity contribution in [1.29, 1.82) is 0 Å². The minimum absolute atomic E-state index is 0.203. The Labute approximate surface area is 116 Å². The van der Waals surface area contributed by atoms with Crippen LogP contribution >= 0.6 is 12.2 Å². The van der Waals surface area contributed by atoms with E-state index in [0.717, 1.165) is 5.76 Å². The van der Waals surface area contributed by atoms with E-state index in [4.69, 9.17) is 22.4 Å². The van der Waals surface area contributed by atoms with E-state index < -0.39 is 0 Å². The molecule has 0 fully saturated rings. The van der Waals surface area contributed by atoms with Crippen LogP contribution in [0.2, 0.25) is 0 Å². The van der Waals surface area contributed by atoms with Gasteiger partial charge in [-0.3, -0.25) is 4.90 Å². The second-order valence-corrected chi connectivity index (χ2v) is 4.86. The Morgan fingerprint density at radius 2 is 2.16 bits per heavy atom. The number of halogens is 1. The van der Waals surface area contributed by atoms with Gasteiger partial charge in [0.2, 0.25) is 0 Å². The third-order valence-electron chi connectivity index (χ3n) is 2.78. The molecular weight excluding hydrogens is 263 g/mol. The molecule has 0 aliphatic heterocycles. The van der Waals surface area contributed by atoms with Gasteiger partial charge in [0.1, 0.15) is 16.6 Å². The van der Waals surface area contributed by atoms with E-state index in [2.05, 4.69) is 0 Å². The summed E-state index contributed by atoms with van der Waals surface area (Å²) in [6.07, 6.45) is 1.63. The number of hydrogen-bond acceptors (Lipinski definition) is 3. The van der Waals surface area contributed by atoms with Crippen LogP contribution in [0.25, 0.3) is 0 Å². The second-order valence-electron chi connectivity index (χ2n) is 4.42. The number of thiocarbonyl (C=S) groups is 1. The van der Waals surface area contributed by atoms with Crippen LogP contribution in [0.5, 0.6) is 0 Å². The van der Waals surface area contributed by atoms with Crippen LogP contribution in [0, 0.1) is 5.82 Å². The molecule has 0 aliphatic carbocycles. The Morgan fingerprint density at radius 1 is 1.37 bits per heavy atom. The normalized spacial score (nSPS) is 10.9. The summed E-state index contributed by atoms with van der Waals surface area (Å²) < 4.78 is 19.1. The summed E-state index contributed by atoms with van der Waals surface area (Å²) in [5.41, 5.74) is 6.62. The van der Waals surface area contributed by atoms with Crippen molar-refractivity contribution < 1.29 is 8.81 Å². The third-order valence-corrected chi connectivity index (χ3v) is 3.02. The van der Waals surface area contributed by atoms with Gasteiger partial charge in [-0.25, -0.2) is 4.39 Å². The summed E-state index contributed by atoms with van der Waals surface area (Å²) in [4.78, 5) is 2.17. The van der Waals surface area contributed by atoms with E-state index in [1.807, 2.05) is 24.1 Å². The van der Waals surface area contributed by atoms with E-state index in [1.165, 1.54) is 6.07 Å². The number of hydrogen-bond donors (Lipinski definition) is 1. The lowest BCUT2D eigenvalue weighted by molar-refractivity contribution is 0.284. The molecule has 0 bridgehead atoms. The lowest BCUT2D eigenvalue weighted by Gasteiger charge is -2.16. The van der Waals surface area contributed by atoms with E-state index >= 15 is 0 Å². The molecule has 3 nitrogen and oxygen atoms in total. The van der Waals surface area contributed by atoms with Gasteiger partial charge in [0, 0.05) is 17.7 Å². The zero-order valence-electron chi connectivity index (χ0n) is 10.6. The zero-order valence-corrected chi connectivity index (χ0v) is 11.4. The lowest BCUT2D eigenvalue weighted by Crippen LogP contribution is -2.18. The van der Waals surface area contributed by atoms with Gasteiger partial charge in [0.25, 0.3) is 0 Å². The molecule has 0 spiro atoms. The highest BCUT2D eigenvalue weighted by atomic mass is 32.1. The van der Waals surface area contributed by atoms with E-state index in [1.54, 1.807) is 18.4 Å². The number of rotatable bonds is 5. The standard InChI is InChI=1S/C14H15FN2OS/c1-17(9-12-3-2-6-18-12)8-11-5-4-10(14(16)19)7-13(11)15/h2-7H,8-9H2,1H3,(H2,16,19). The Hall–Kier alpha value is -1.72. The molecule has 2 N–H and O–H groups in total. The highest BCUT2D eigenvalue weighted by molar-refractivity contribution is 7.80. The van der Waals surface area contributed by atoms with Crippen LogP contribution in [0.3, 0.4) is 0 Å². The maximum Gasteiger partial charge on any atom is 0.128 e. The SMILES string of the molecule is CN(Cc1ccco1)Cc1ccc(C(N)=S)cc1F. The molecule has 0 unspecified atom stereocenters. The van der Waals surface area contributed by atoms with Gasteiger partial charge >= 0.3 is 0 Å². The summed E-state index contributed by atoms with van der Waals surface area (Å²) >= 11 is 4.82. The Balaban J connectivity index is 2.04. The van der Waals surface area contributed by atoms with E-state index in [-0.39, 0.29) is 10.8 Å². The molecule has 0 radical (unpaired) electrons. The molecule has 2 rings (SSSR count). The largest absolute Gasteiger partial charge is 0.468 e. The fraction of sp³-hybridized carbons (Fsp3) is 0.214. The first-order chi connectivity index (χ1) is 9.06. The van der Waals surface area contributed by atoms with Crippen LogP contribution in [-0.4, -0.2) is 16.9 Å². The number of furan rings is 1. The Kier molecular flexibility index (Phi) is 4.29. The molecule has 0 amide bonds. The van der Waals surface area contributed by atoms with E-state index in [0.29, 0.717) is 24.2 Å². The van der Waals surface area contributed by atoms with Gasteiger partial charge in [-0.2, -0.15) is 0 Å². The van der Waals surface area contributed by atoms with Gasteiger partial charge < -0.3 is 10.2 Å². The maximum absolute atomic E-state index is 13.9. The number of nitrogens with zero attached hydrogens (tertiary/aromatic N) is 1. The average Bonchev–Trinajstić information content (AvgIpc) is 2.84. The maximum atomic E-state index is 13.9. The molecule has 0 atom stereocenters. The Morgan fingerprint density at radius 3 is 2.74 bits per heavy atom. The number of benzene rings is 1. The zero-order chi connectivity index (χ0) is 13.8. The van der Waals surface area contributed by atoms with Crippen molar-refractivity contribution >= 4 is 17.2 Å². The van der Waals surface area contributed by atoms with Crippen LogP contribution in [-0.2, 0) is 13.1 Å². The van der Waals surface area contributed by atoms with Crippen molar-refractivity contribution in [3.8, 4) is 0 Å². The molecule has 19 heavy (non-hydrogen) atoms. The predicted molar refractivity (Wildman–Crippen MR) is 76.2 cm³/mol. The van der Waals surface area contributed by atoms with Gasteiger partial charge in [-0.15, -0.1) is 0 Å². The molecular formula is C14H15FN2OS. The van der Waals surface area contributed by atoms with Crippen molar-refractivity contribution in [3.63, 3.8) is 0 Å². The van der Waals surface area contributed by atoms with Crippen molar-refractivity contribution in [2.45, 2.75) is 13.1 Å². The fourth-order valence-electron chi connectivity index (χ4n) is 1.84. The molecule has 2 aromatic rings. The topological polar surface area (TPSA) is 42.4 Å². The highest BCUT2D eigenvalue weighted by Crippen LogP contribution is 2.14. The lowest BCUT2D eigenvalue weighted by atomic mass is 10.1. The average molecular weight is 278 g/mol. The second kappa shape index (κ2) is 5.95. The molecule has 100 valence electrons. The summed E-state index contributed by atoms with van der Waals surface area (Å²) in [5.74, 6) is 0.555. The first kappa shape index (κ1) is 13.7. The summed E-state index contributed by atoms with van der Waals surface area (Å²) in [6.45, 7) is 1.12. The Bertz CT molecular complexity index is 569. The third kappa shape index (κ3) is 3.62. The molecule has 0 saturated heterocycles. The van der Waals surface area contributed by atoms with E-state index in [9.17, 15) is 4.39 Å². The molecule has 5 heteroatoms. The van der Waals surface area contributed by atoms with Crippen molar-refractivity contribution in [3.05, 3.63) is 59.3 Å². The molecule has 1 heterocycles. The van der Waals surface area contributed by atoms with Crippen LogP contribution in [0.1, 0.15) is 16.9 Å². The van der Waals surface area contributed by atoms with Crippen molar-refractivity contribution in [1.82, 2.24) is 4.90 Å². The highest BCUT2D eigenvalue weighted by Gasteiger charge is 2.09.